The largest absolute Gasteiger partial charge is 0.319 e. The van der Waals surface area contributed by atoms with E-state index >= 15 is 0 Å². The highest BCUT2D eigenvalue weighted by Crippen LogP contribution is 2.36. The van der Waals surface area contributed by atoms with E-state index in [4.69, 9.17) is 46.4 Å². The van der Waals surface area contributed by atoms with Crippen molar-refractivity contribution in [3.8, 4) is 0 Å². The van der Waals surface area contributed by atoms with Crippen LogP contribution in [0.4, 0.5) is 5.69 Å². The SMILES string of the molecule is Cn1cc(NC(=O)c2nc(Cl)c(Cl)c(Cl)c2Cl)ccc1=O. The number of hydrogen-bond donors (Lipinski definition) is 1. The quantitative estimate of drug-likeness (QED) is 0.825. The molecule has 5 nitrogen and oxygen atoms in total. The van der Waals surface area contributed by atoms with E-state index in [0.29, 0.717) is 5.69 Å². The minimum absolute atomic E-state index is 0.0259. The van der Waals surface area contributed by atoms with E-state index in [1.54, 1.807) is 7.05 Å². The fraction of sp³-hybridized carbons (Fsp3) is 0.0833. The monoisotopic (exact) mass is 365 g/mol. The maximum atomic E-state index is 12.1. The van der Waals surface area contributed by atoms with Gasteiger partial charge < -0.3 is 9.88 Å². The third-order valence-electron chi connectivity index (χ3n) is 2.54. The van der Waals surface area contributed by atoms with Gasteiger partial charge in [-0.3, -0.25) is 9.59 Å². The summed E-state index contributed by atoms with van der Waals surface area (Å²) < 4.78 is 1.31. The van der Waals surface area contributed by atoms with Crippen molar-refractivity contribution in [1.29, 1.82) is 0 Å². The fourth-order valence-corrected chi connectivity index (χ4v) is 2.31. The summed E-state index contributed by atoms with van der Waals surface area (Å²) in [6.07, 6.45) is 1.45. The first-order valence-electron chi connectivity index (χ1n) is 5.49. The van der Waals surface area contributed by atoms with E-state index in [2.05, 4.69) is 10.3 Å². The zero-order valence-corrected chi connectivity index (χ0v) is 13.5. The number of aromatic nitrogens is 2. The predicted molar refractivity (Wildman–Crippen MR) is 83.9 cm³/mol. The van der Waals surface area contributed by atoms with Gasteiger partial charge in [0.15, 0.2) is 0 Å². The van der Waals surface area contributed by atoms with Crippen LogP contribution in [0.2, 0.25) is 20.2 Å². The number of anilines is 1. The lowest BCUT2D eigenvalue weighted by Gasteiger charge is -2.09. The number of nitrogens with zero attached hydrogens (tertiary/aromatic N) is 2. The molecule has 0 saturated carbocycles. The average molecular weight is 367 g/mol. The van der Waals surface area contributed by atoms with Crippen molar-refractivity contribution in [3.63, 3.8) is 0 Å². The number of pyridine rings is 2. The molecule has 1 N–H and O–H groups in total. The van der Waals surface area contributed by atoms with Gasteiger partial charge in [-0.25, -0.2) is 4.98 Å². The van der Waals surface area contributed by atoms with E-state index in [9.17, 15) is 9.59 Å². The van der Waals surface area contributed by atoms with Crippen molar-refractivity contribution in [1.82, 2.24) is 9.55 Å². The number of carbonyl (C=O) groups is 1. The molecule has 0 aromatic carbocycles. The van der Waals surface area contributed by atoms with Gasteiger partial charge in [0, 0.05) is 19.3 Å². The standard InChI is InChI=1S/C12H7Cl4N3O2/c1-19-4-5(2-3-6(19)20)17-12(21)10-8(14)7(13)9(15)11(16)18-10/h2-4H,1H3,(H,17,21). The van der Waals surface area contributed by atoms with Gasteiger partial charge in [0.2, 0.25) is 5.56 Å². The predicted octanol–water partition coefficient (Wildman–Crippen LogP) is 3.65. The molecule has 0 bridgehead atoms. The van der Waals surface area contributed by atoms with Crippen LogP contribution in [0.5, 0.6) is 0 Å². The summed E-state index contributed by atoms with van der Waals surface area (Å²) in [5.74, 6) is -0.626. The molecule has 2 heterocycles. The summed E-state index contributed by atoms with van der Waals surface area (Å²) in [5, 5.41) is 2.23. The summed E-state index contributed by atoms with van der Waals surface area (Å²) in [7, 11) is 1.55. The van der Waals surface area contributed by atoms with Crippen LogP contribution in [0, 0.1) is 0 Å². The van der Waals surface area contributed by atoms with E-state index in [0.717, 1.165) is 0 Å². The Morgan fingerprint density at radius 2 is 1.81 bits per heavy atom. The van der Waals surface area contributed by atoms with Crippen molar-refractivity contribution in [2.75, 3.05) is 5.32 Å². The maximum Gasteiger partial charge on any atom is 0.275 e. The number of rotatable bonds is 2. The molecule has 0 radical (unpaired) electrons. The molecule has 0 aliphatic carbocycles. The summed E-state index contributed by atoms with van der Waals surface area (Å²) in [5.41, 5.74) is 0.0221. The number of hydrogen-bond acceptors (Lipinski definition) is 3. The molecule has 2 rings (SSSR count). The molecular weight excluding hydrogens is 360 g/mol. The van der Waals surface area contributed by atoms with E-state index in [-0.39, 0.29) is 31.5 Å². The van der Waals surface area contributed by atoms with Crippen LogP contribution in [0.1, 0.15) is 10.5 Å². The molecule has 0 spiro atoms. The van der Waals surface area contributed by atoms with Crippen LogP contribution >= 0.6 is 46.4 Å². The Kier molecular flexibility index (Phi) is 4.78. The first-order chi connectivity index (χ1) is 9.81. The van der Waals surface area contributed by atoms with Gasteiger partial charge in [-0.2, -0.15) is 0 Å². The van der Waals surface area contributed by atoms with Crippen LogP contribution in [0.3, 0.4) is 0 Å². The van der Waals surface area contributed by atoms with E-state index in [1.807, 2.05) is 0 Å². The molecule has 0 unspecified atom stereocenters. The van der Waals surface area contributed by atoms with E-state index in [1.165, 1.54) is 22.9 Å². The average Bonchev–Trinajstić information content (AvgIpc) is 2.44. The first kappa shape index (κ1) is 16.1. The van der Waals surface area contributed by atoms with Gasteiger partial charge in [0.05, 0.1) is 20.8 Å². The van der Waals surface area contributed by atoms with Crippen molar-refractivity contribution in [3.05, 3.63) is 54.6 Å². The Labute approximate surface area is 139 Å². The van der Waals surface area contributed by atoms with Crippen molar-refractivity contribution < 1.29 is 4.79 Å². The smallest absolute Gasteiger partial charge is 0.275 e. The van der Waals surface area contributed by atoms with Crippen molar-refractivity contribution >= 4 is 58.0 Å². The summed E-state index contributed by atoms with van der Waals surface area (Å²) in [6.45, 7) is 0. The minimum atomic E-state index is -0.626. The normalized spacial score (nSPS) is 10.5. The number of aryl methyl sites for hydroxylation is 1. The third kappa shape index (κ3) is 3.32. The van der Waals surface area contributed by atoms with Gasteiger partial charge in [-0.1, -0.05) is 46.4 Å². The third-order valence-corrected chi connectivity index (χ3v) is 4.22. The van der Waals surface area contributed by atoms with Crippen LogP contribution in [0.25, 0.3) is 0 Å². The number of carbonyl (C=O) groups excluding carboxylic acids is 1. The topological polar surface area (TPSA) is 64.0 Å². The van der Waals surface area contributed by atoms with Crippen LogP contribution in [-0.4, -0.2) is 15.5 Å². The Hall–Kier alpha value is -1.27. The molecular formula is C12H7Cl4N3O2. The summed E-state index contributed by atoms with van der Waals surface area (Å²) in [4.78, 5) is 27.2. The molecule has 110 valence electrons. The lowest BCUT2D eigenvalue weighted by Crippen LogP contribution is -2.19. The molecule has 2 aromatic rings. The van der Waals surface area contributed by atoms with Gasteiger partial charge in [-0.15, -0.1) is 0 Å². The second-order valence-corrected chi connectivity index (χ2v) is 5.51. The molecule has 0 atom stereocenters. The molecule has 1 amide bonds. The first-order valence-corrected chi connectivity index (χ1v) is 7.00. The number of halogens is 4. The number of nitrogens with one attached hydrogen (secondary N) is 1. The zero-order chi connectivity index (χ0) is 15.7. The Morgan fingerprint density at radius 3 is 2.43 bits per heavy atom. The highest BCUT2D eigenvalue weighted by molar-refractivity contribution is 6.52. The highest BCUT2D eigenvalue weighted by Gasteiger charge is 2.20. The lowest BCUT2D eigenvalue weighted by atomic mass is 10.3. The number of amides is 1. The Morgan fingerprint density at radius 1 is 1.14 bits per heavy atom. The molecule has 21 heavy (non-hydrogen) atoms. The Balaban J connectivity index is 2.37. The zero-order valence-electron chi connectivity index (χ0n) is 10.5. The van der Waals surface area contributed by atoms with Crippen LogP contribution < -0.4 is 10.9 Å². The Bertz CT molecular complexity index is 789. The molecule has 2 aromatic heterocycles. The fourth-order valence-electron chi connectivity index (χ4n) is 1.50. The highest BCUT2D eigenvalue weighted by atomic mass is 35.5. The summed E-state index contributed by atoms with van der Waals surface area (Å²) >= 11 is 23.4. The van der Waals surface area contributed by atoms with Gasteiger partial charge in [-0.05, 0) is 6.07 Å². The molecule has 0 aliphatic heterocycles. The summed E-state index contributed by atoms with van der Waals surface area (Å²) in [6, 6.07) is 2.76. The second-order valence-electron chi connectivity index (χ2n) is 4.01. The van der Waals surface area contributed by atoms with Gasteiger partial charge >= 0.3 is 0 Å². The van der Waals surface area contributed by atoms with Crippen LogP contribution in [-0.2, 0) is 7.05 Å². The maximum absolute atomic E-state index is 12.1. The van der Waals surface area contributed by atoms with Crippen LogP contribution in [0.15, 0.2) is 23.1 Å². The molecule has 0 fully saturated rings. The minimum Gasteiger partial charge on any atom is -0.319 e. The van der Waals surface area contributed by atoms with Gasteiger partial charge in [0.1, 0.15) is 10.8 Å². The molecule has 9 heteroatoms. The lowest BCUT2D eigenvalue weighted by molar-refractivity contribution is 0.102. The molecule has 0 aliphatic rings. The van der Waals surface area contributed by atoms with Gasteiger partial charge in [0.25, 0.3) is 5.91 Å². The van der Waals surface area contributed by atoms with E-state index < -0.39 is 5.91 Å². The molecule has 0 saturated heterocycles. The van der Waals surface area contributed by atoms with Crippen molar-refractivity contribution in [2.24, 2.45) is 7.05 Å². The van der Waals surface area contributed by atoms with Crippen molar-refractivity contribution in [2.45, 2.75) is 0 Å². The second kappa shape index (κ2) is 6.23.